The highest BCUT2D eigenvalue weighted by atomic mass is 16.4. The van der Waals surface area contributed by atoms with Crippen molar-refractivity contribution in [1.82, 2.24) is 0 Å². The van der Waals surface area contributed by atoms with Gasteiger partial charge in [-0.15, -0.1) is 0 Å². The average molecular weight is 350 g/mol. The van der Waals surface area contributed by atoms with E-state index in [2.05, 4.69) is 0 Å². The Bertz CT molecular complexity index is 626. The van der Waals surface area contributed by atoms with Crippen molar-refractivity contribution in [3.8, 4) is 0 Å². The van der Waals surface area contributed by atoms with E-state index in [0.29, 0.717) is 25.7 Å². The normalized spacial score (nSPS) is 44.3. The first kappa shape index (κ1) is 18.5. The Morgan fingerprint density at radius 2 is 2.08 bits per heavy atom. The summed E-state index contributed by atoms with van der Waals surface area (Å²) >= 11 is 0. The molecule has 1 aromatic heterocycles. The maximum absolute atomic E-state index is 12.1. The molecule has 0 amide bonds. The smallest absolute Gasteiger partial charge is 0.309 e. The van der Waals surface area contributed by atoms with Crippen molar-refractivity contribution >= 4 is 5.97 Å². The van der Waals surface area contributed by atoms with E-state index in [9.17, 15) is 20.1 Å². The van der Waals surface area contributed by atoms with E-state index >= 15 is 0 Å². The first-order chi connectivity index (χ1) is 11.6. The average Bonchev–Trinajstić information content (AvgIpc) is 3.04. The molecule has 0 radical (unpaired) electrons. The summed E-state index contributed by atoms with van der Waals surface area (Å²) < 4.78 is 5.13. The monoisotopic (exact) mass is 350 g/mol. The molecule has 0 bridgehead atoms. The number of aliphatic hydroxyl groups is 2. The van der Waals surface area contributed by atoms with Crippen molar-refractivity contribution in [3.05, 3.63) is 24.2 Å². The van der Waals surface area contributed by atoms with Crippen LogP contribution in [0.5, 0.6) is 0 Å². The molecule has 5 heteroatoms. The lowest BCUT2D eigenvalue weighted by atomic mass is 9.43. The van der Waals surface area contributed by atoms with Crippen LogP contribution in [0.3, 0.4) is 0 Å². The molecule has 3 N–H and O–H groups in total. The summed E-state index contributed by atoms with van der Waals surface area (Å²) in [4.78, 5) is 12.1. The molecule has 2 saturated carbocycles. The van der Waals surface area contributed by atoms with Gasteiger partial charge in [-0.2, -0.15) is 0 Å². The largest absolute Gasteiger partial charge is 0.481 e. The van der Waals surface area contributed by atoms with Crippen LogP contribution in [0.15, 0.2) is 23.0 Å². The summed E-state index contributed by atoms with van der Waals surface area (Å²) in [5.41, 5.74) is -1.61. The van der Waals surface area contributed by atoms with Crippen LogP contribution >= 0.6 is 0 Å². The molecule has 3 rings (SSSR count). The second-order valence-electron chi connectivity index (χ2n) is 8.73. The zero-order valence-corrected chi connectivity index (χ0v) is 15.4. The van der Waals surface area contributed by atoms with E-state index in [1.54, 1.807) is 19.5 Å². The highest BCUT2D eigenvalue weighted by Gasteiger charge is 2.66. The third kappa shape index (κ3) is 2.63. The van der Waals surface area contributed by atoms with Crippen LogP contribution in [-0.2, 0) is 11.2 Å². The Balaban J connectivity index is 1.98. The van der Waals surface area contributed by atoms with Crippen LogP contribution in [0, 0.1) is 22.7 Å². The molecule has 1 aromatic rings. The number of hydrogen-bond donors (Lipinski definition) is 3. The summed E-state index contributed by atoms with van der Waals surface area (Å²) in [5, 5.41) is 32.5. The molecule has 0 aromatic carbocycles. The van der Waals surface area contributed by atoms with E-state index in [1.165, 1.54) is 0 Å². The lowest BCUT2D eigenvalue weighted by Crippen LogP contribution is -2.68. The van der Waals surface area contributed by atoms with Gasteiger partial charge in [-0.25, -0.2) is 0 Å². The van der Waals surface area contributed by atoms with Crippen LogP contribution < -0.4 is 0 Å². The molecular weight excluding hydrogens is 320 g/mol. The Hall–Kier alpha value is -1.33. The van der Waals surface area contributed by atoms with E-state index < -0.39 is 34.4 Å². The van der Waals surface area contributed by atoms with Gasteiger partial charge in [-0.1, -0.05) is 20.3 Å². The number of carboxylic acids is 1. The molecule has 2 aliphatic carbocycles. The van der Waals surface area contributed by atoms with Gasteiger partial charge in [0, 0.05) is 11.3 Å². The summed E-state index contributed by atoms with van der Waals surface area (Å²) in [6, 6.07) is 1.90. The third-order valence-electron chi connectivity index (χ3n) is 7.41. The molecule has 5 nitrogen and oxygen atoms in total. The third-order valence-corrected chi connectivity index (χ3v) is 7.41. The number of rotatable bonds is 4. The Kier molecular flexibility index (Phi) is 4.53. The number of aliphatic hydroxyl groups excluding tert-OH is 1. The molecule has 6 atom stereocenters. The predicted molar refractivity (Wildman–Crippen MR) is 93.0 cm³/mol. The predicted octanol–water partition coefficient (Wildman–Crippen LogP) is 3.24. The van der Waals surface area contributed by atoms with Gasteiger partial charge in [0.2, 0.25) is 0 Å². The minimum atomic E-state index is -1.01. The van der Waals surface area contributed by atoms with E-state index in [1.807, 2.05) is 19.9 Å². The van der Waals surface area contributed by atoms with E-state index in [4.69, 9.17) is 4.42 Å². The van der Waals surface area contributed by atoms with Crippen LogP contribution in [0.1, 0.15) is 58.4 Å². The number of fused-ring (bicyclic) bond motifs is 1. The van der Waals surface area contributed by atoms with Crippen LogP contribution in [0.25, 0.3) is 0 Å². The molecule has 2 aliphatic rings. The fourth-order valence-corrected chi connectivity index (χ4v) is 5.97. The van der Waals surface area contributed by atoms with Crippen LogP contribution in [-0.4, -0.2) is 33.0 Å². The Labute approximate surface area is 149 Å². The number of aliphatic carboxylic acids is 1. The number of carbonyl (C=O) groups is 1. The van der Waals surface area contributed by atoms with Crippen molar-refractivity contribution < 1.29 is 24.5 Å². The lowest BCUT2D eigenvalue weighted by molar-refractivity contribution is -0.248. The zero-order valence-electron chi connectivity index (χ0n) is 15.4. The minimum Gasteiger partial charge on any atom is -0.481 e. The van der Waals surface area contributed by atoms with Gasteiger partial charge in [0.1, 0.15) is 0 Å². The maximum atomic E-state index is 12.1. The SMILES string of the molecule is C[C@@H]1C[C@@H](O)[C@H]2[C@](C)(CCC[C@]2(C)C(=O)O)[C@]1(O)CCc1ccoc1. The molecule has 2 fully saturated rings. The van der Waals surface area contributed by atoms with Crippen molar-refractivity contribution in [3.63, 3.8) is 0 Å². The fourth-order valence-electron chi connectivity index (χ4n) is 5.97. The molecule has 140 valence electrons. The highest BCUT2D eigenvalue weighted by molar-refractivity contribution is 5.75. The van der Waals surface area contributed by atoms with E-state index in [-0.39, 0.29) is 5.92 Å². The van der Waals surface area contributed by atoms with Crippen molar-refractivity contribution in [2.45, 2.75) is 71.0 Å². The molecule has 0 saturated heterocycles. The zero-order chi connectivity index (χ0) is 18.5. The summed E-state index contributed by atoms with van der Waals surface area (Å²) in [7, 11) is 0. The number of furan rings is 1. The van der Waals surface area contributed by atoms with Crippen molar-refractivity contribution in [2.75, 3.05) is 0 Å². The van der Waals surface area contributed by atoms with Gasteiger partial charge in [0.25, 0.3) is 0 Å². The maximum Gasteiger partial charge on any atom is 0.309 e. The van der Waals surface area contributed by atoms with Gasteiger partial charge in [-0.05, 0) is 56.6 Å². The highest BCUT2D eigenvalue weighted by Crippen LogP contribution is 2.63. The van der Waals surface area contributed by atoms with Gasteiger partial charge in [-0.3, -0.25) is 4.79 Å². The quantitative estimate of drug-likeness (QED) is 0.775. The van der Waals surface area contributed by atoms with Gasteiger partial charge in [0.05, 0.1) is 29.6 Å². The first-order valence-electron chi connectivity index (χ1n) is 9.30. The molecule has 1 heterocycles. The molecule has 25 heavy (non-hydrogen) atoms. The Morgan fingerprint density at radius 1 is 1.36 bits per heavy atom. The summed E-state index contributed by atoms with van der Waals surface area (Å²) in [6.07, 6.45) is 6.32. The Morgan fingerprint density at radius 3 is 2.68 bits per heavy atom. The topological polar surface area (TPSA) is 90.9 Å². The fraction of sp³-hybridized carbons (Fsp3) is 0.750. The number of hydrogen-bond acceptors (Lipinski definition) is 4. The van der Waals surface area contributed by atoms with E-state index in [0.717, 1.165) is 18.4 Å². The minimum absolute atomic E-state index is 0.0909. The number of carboxylic acid groups (broad SMARTS) is 1. The van der Waals surface area contributed by atoms with Gasteiger partial charge < -0.3 is 19.7 Å². The number of aryl methyl sites for hydroxylation is 1. The summed E-state index contributed by atoms with van der Waals surface area (Å²) in [5.74, 6) is -1.40. The lowest BCUT2D eigenvalue weighted by Gasteiger charge is -2.63. The second-order valence-corrected chi connectivity index (χ2v) is 8.73. The van der Waals surface area contributed by atoms with Crippen molar-refractivity contribution in [2.24, 2.45) is 22.7 Å². The summed E-state index contributed by atoms with van der Waals surface area (Å²) in [6.45, 7) is 5.71. The van der Waals surface area contributed by atoms with Crippen molar-refractivity contribution in [1.29, 1.82) is 0 Å². The molecule has 0 unspecified atom stereocenters. The molecular formula is C20H30O5. The second kappa shape index (κ2) is 6.13. The van der Waals surface area contributed by atoms with Gasteiger partial charge >= 0.3 is 5.97 Å². The molecule has 0 aliphatic heterocycles. The first-order valence-corrected chi connectivity index (χ1v) is 9.30. The van der Waals surface area contributed by atoms with Crippen LogP contribution in [0.2, 0.25) is 0 Å². The van der Waals surface area contributed by atoms with Gasteiger partial charge in [0.15, 0.2) is 0 Å². The van der Waals surface area contributed by atoms with Crippen LogP contribution in [0.4, 0.5) is 0 Å². The molecule has 0 spiro atoms. The standard InChI is InChI=1S/C20H30O5/c1-13-11-15(21)16-18(2,17(22)23)7-4-8-19(16,3)20(13,24)9-5-14-6-10-25-12-14/h6,10,12-13,15-16,21,24H,4-5,7-9,11H2,1-3H3,(H,22,23)/t13-,15-,16-,18+,19+,20+/m1/s1.